The van der Waals surface area contributed by atoms with Crippen LogP contribution in [0.25, 0.3) is 0 Å². The molecule has 0 saturated heterocycles. The van der Waals surface area contributed by atoms with Crippen molar-refractivity contribution < 1.29 is 0 Å². The van der Waals surface area contributed by atoms with Gasteiger partial charge in [-0.3, -0.25) is 4.98 Å². The van der Waals surface area contributed by atoms with E-state index in [1.807, 2.05) is 6.20 Å². The molecule has 0 bridgehead atoms. The van der Waals surface area contributed by atoms with Crippen molar-refractivity contribution in [2.24, 2.45) is 5.92 Å². The topological polar surface area (TPSA) is 24.9 Å². The second kappa shape index (κ2) is 5.78. The molecular weight excluding hydrogens is 264 g/mol. The normalized spacial score (nSPS) is 18.1. The molecule has 3 heteroatoms. The third-order valence-electron chi connectivity index (χ3n) is 3.35. The third kappa shape index (κ3) is 3.05. The van der Waals surface area contributed by atoms with Crippen molar-refractivity contribution in [1.29, 1.82) is 0 Å². The molecule has 1 aromatic rings. The minimum atomic E-state index is 0.434. The Bertz CT molecular complexity index is 319. The summed E-state index contributed by atoms with van der Waals surface area (Å²) >= 11 is 3.43. The van der Waals surface area contributed by atoms with Crippen LogP contribution in [-0.4, -0.2) is 11.5 Å². The first kappa shape index (κ1) is 12.1. The van der Waals surface area contributed by atoms with Gasteiger partial charge in [-0.15, -0.1) is 0 Å². The van der Waals surface area contributed by atoms with Gasteiger partial charge in [0.2, 0.25) is 0 Å². The van der Waals surface area contributed by atoms with Crippen LogP contribution in [-0.2, 0) is 0 Å². The summed E-state index contributed by atoms with van der Waals surface area (Å²) in [4.78, 5) is 4.50. The summed E-state index contributed by atoms with van der Waals surface area (Å²) in [6, 6.07) is 4.63. The Morgan fingerprint density at radius 3 is 2.81 bits per heavy atom. The largest absolute Gasteiger partial charge is 0.309 e. The number of hydrogen-bond acceptors (Lipinski definition) is 2. The van der Waals surface area contributed by atoms with Crippen LogP contribution in [0, 0.1) is 5.92 Å². The fourth-order valence-corrected chi connectivity index (χ4v) is 2.44. The van der Waals surface area contributed by atoms with Crippen molar-refractivity contribution in [3.63, 3.8) is 0 Å². The predicted molar refractivity (Wildman–Crippen MR) is 70.3 cm³/mol. The SMILES string of the molecule is CCNC(CC1CCC1)c1ccc(Br)cn1. The Hall–Kier alpha value is -0.410. The molecule has 0 aromatic carbocycles. The summed E-state index contributed by atoms with van der Waals surface area (Å²) in [6.07, 6.45) is 7.34. The Morgan fingerprint density at radius 1 is 1.50 bits per heavy atom. The highest BCUT2D eigenvalue weighted by Crippen LogP contribution is 2.34. The van der Waals surface area contributed by atoms with Crippen LogP contribution >= 0.6 is 15.9 Å². The van der Waals surface area contributed by atoms with E-state index < -0.39 is 0 Å². The van der Waals surface area contributed by atoms with Crippen LogP contribution in [0.5, 0.6) is 0 Å². The maximum absolute atomic E-state index is 4.50. The number of rotatable bonds is 5. The molecule has 0 spiro atoms. The number of nitrogens with one attached hydrogen (secondary N) is 1. The molecule has 1 unspecified atom stereocenters. The van der Waals surface area contributed by atoms with Crippen molar-refractivity contribution >= 4 is 15.9 Å². The lowest BCUT2D eigenvalue weighted by Gasteiger charge is -2.29. The zero-order valence-corrected chi connectivity index (χ0v) is 11.3. The second-order valence-corrected chi connectivity index (χ2v) is 5.46. The van der Waals surface area contributed by atoms with E-state index in [2.05, 4.69) is 45.3 Å². The number of hydrogen-bond donors (Lipinski definition) is 1. The average molecular weight is 283 g/mol. The maximum atomic E-state index is 4.50. The Kier molecular flexibility index (Phi) is 4.36. The molecule has 1 aliphatic rings. The maximum Gasteiger partial charge on any atom is 0.0574 e. The molecule has 1 aromatic heterocycles. The minimum absolute atomic E-state index is 0.434. The summed E-state index contributed by atoms with van der Waals surface area (Å²) in [7, 11) is 0. The number of aromatic nitrogens is 1. The zero-order chi connectivity index (χ0) is 11.4. The van der Waals surface area contributed by atoms with Gasteiger partial charge in [0.25, 0.3) is 0 Å². The molecule has 1 fully saturated rings. The van der Waals surface area contributed by atoms with Gasteiger partial charge in [0, 0.05) is 16.7 Å². The first-order valence-corrected chi connectivity index (χ1v) is 6.93. The Balaban J connectivity index is 2.01. The van der Waals surface area contributed by atoms with Crippen LogP contribution in [0.4, 0.5) is 0 Å². The molecule has 1 aliphatic carbocycles. The Morgan fingerprint density at radius 2 is 2.31 bits per heavy atom. The van der Waals surface area contributed by atoms with Crippen molar-refractivity contribution in [3.05, 3.63) is 28.5 Å². The van der Waals surface area contributed by atoms with Gasteiger partial charge in [-0.25, -0.2) is 0 Å². The van der Waals surface area contributed by atoms with Crippen molar-refractivity contribution in [3.8, 4) is 0 Å². The third-order valence-corrected chi connectivity index (χ3v) is 3.82. The number of pyridine rings is 1. The molecular formula is C13H19BrN2. The summed E-state index contributed by atoms with van der Waals surface area (Å²) in [5, 5.41) is 3.54. The van der Waals surface area contributed by atoms with E-state index in [9.17, 15) is 0 Å². The van der Waals surface area contributed by atoms with Gasteiger partial charge in [0.1, 0.15) is 0 Å². The molecule has 0 aliphatic heterocycles. The lowest BCUT2D eigenvalue weighted by Crippen LogP contribution is -2.26. The van der Waals surface area contributed by atoms with Gasteiger partial charge in [0.15, 0.2) is 0 Å². The highest BCUT2D eigenvalue weighted by atomic mass is 79.9. The lowest BCUT2D eigenvalue weighted by atomic mass is 9.80. The highest BCUT2D eigenvalue weighted by Gasteiger charge is 2.23. The summed E-state index contributed by atoms with van der Waals surface area (Å²) in [5.74, 6) is 0.912. The van der Waals surface area contributed by atoms with Gasteiger partial charge in [-0.1, -0.05) is 26.2 Å². The zero-order valence-electron chi connectivity index (χ0n) is 9.75. The van der Waals surface area contributed by atoms with Crippen LogP contribution in [0.2, 0.25) is 0 Å². The minimum Gasteiger partial charge on any atom is -0.309 e. The monoisotopic (exact) mass is 282 g/mol. The van der Waals surface area contributed by atoms with Gasteiger partial charge in [-0.05, 0) is 46.9 Å². The Labute approximate surface area is 106 Å². The summed E-state index contributed by atoms with van der Waals surface area (Å²) in [6.45, 7) is 3.17. The summed E-state index contributed by atoms with van der Waals surface area (Å²) < 4.78 is 1.05. The molecule has 1 heterocycles. The smallest absolute Gasteiger partial charge is 0.0574 e. The molecule has 16 heavy (non-hydrogen) atoms. The molecule has 1 saturated carbocycles. The molecule has 2 rings (SSSR count). The van der Waals surface area contributed by atoms with E-state index in [0.29, 0.717) is 6.04 Å². The van der Waals surface area contributed by atoms with Gasteiger partial charge < -0.3 is 5.32 Å². The predicted octanol–water partition coefficient (Wildman–Crippen LogP) is 3.68. The van der Waals surface area contributed by atoms with E-state index in [0.717, 1.165) is 16.9 Å². The molecule has 88 valence electrons. The number of halogens is 1. The molecule has 1 N–H and O–H groups in total. The van der Waals surface area contributed by atoms with Crippen LogP contribution in [0.15, 0.2) is 22.8 Å². The lowest BCUT2D eigenvalue weighted by molar-refractivity contribution is 0.260. The van der Waals surface area contributed by atoms with Crippen molar-refractivity contribution in [2.75, 3.05) is 6.54 Å². The van der Waals surface area contributed by atoms with E-state index >= 15 is 0 Å². The van der Waals surface area contributed by atoms with Crippen molar-refractivity contribution in [1.82, 2.24) is 10.3 Å². The van der Waals surface area contributed by atoms with Gasteiger partial charge >= 0.3 is 0 Å². The van der Waals surface area contributed by atoms with Gasteiger partial charge in [-0.2, -0.15) is 0 Å². The first-order chi connectivity index (χ1) is 7.79. The second-order valence-electron chi connectivity index (χ2n) is 4.54. The first-order valence-electron chi connectivity index (χ1n) is 6.14. The average Bonchev–Trinajstić information content (AvgIpc) is 2.23. The quantitative estimate of drug-likeness (QED) is 0.891. The molecule has 0 radical (unpaired) electrons. The number of nitrogens with zero attached hydrogens (tertiary/aromatic N) is 1. The van der Waals surface area contributed by atoms with E-state index in [-0.39, 0.29) is 0 Å². The molecule has 1 atom stereocenters. The van der Waals surface area contributed by atoms with Gasteiger partial charge in [0.05, 0.1) is 5.69 Å². The van der Waals surface area contributed by atoms with Crippen LogP contribution in [0.3, 0.4) is 0 Å². The standard InChI is InChI=1S/C13H19BrN2/c1-2-15-13(8-10-4-3-5-10)12-7-6-11(14)9-16-12/h6-7,9-10,13,15H,2-5,8H2,1H3. The summed E-state index contributed by atoms with van der Waals surface area (Å²) in [5.41, 5.74) is 1.18. The van der Waals surface area contributed by atoms with E-state index in [4.69, 9.17) is 0 Å². The van der Waals surface area contributed by atoms with Crippen molar-refractivity contribution in [2.45, 2.75) is 38.6 Å². The highest BCUT2D eigenvalue weighted by molar-refractivity contribution is 9.10. The van der Waals surface area contributed by atoms with E-state index in [1.54, 1.807) is 0 Å². The fourth-order valence-electron chi connectivity index (χ4n) is 2.21. The van der Waals surface area contributed by atoms with Crippen LogP contribution in [0.1, 0.15) is 44.3 Å². The molecule has 0 amide bonds. The molecule has 2 nitrogen and oxygen atoms in total. The fraction of sp³-hybridized carbons (Fsp3) is 0.615. The van der Waals surface area contributed by atoms with E-state index in [1.165, 1.54) is 31.4 Å². The van der Waals surface area contributed by atoms with Crippen LogP contribution < -0.4 is 5.32 Å².